The molecule has 3 nitrogen and oxygen atoms in total. The molecule has 0 aliphatic heterocycles. The first-order valence-electron chi connectivity index (χ1n) is 4.74. The lowest BCUT2D eigenvalue weighted by molar-refractivity contribution is -0.137. The molecule has 1 heterocycles. The average Bonchev–Trinajstić information content (AvgIpc) is 2.63. The fourth-order valence-electron chi connectivity index (χ4n) is 1.11. The first-order chi connectivity index (χ1) is 7.27. The maximum absolute atomic E-state index is 12.3. The van der Waals surface area contributed by atoms with Crippen LogP contribution in [0, 0.1) is 0 Å². The van der Waals surface area contributed by atoms with Gasteiger partial charge in [0.1, 0.15) is 5.60 Å². The second kappa shape index (κ2) is 4.68. The molecule has 1 aromatic rings. The summed E-state index contributed by atoms with van der Waals surface area (Å²) in [6, 6.07) is 0. The van der Waals surface area contributed by atoms with Gasteiger partial charge in [-0.05, 0) is 13.5 Å². The number of hydrogen-bond acceptors (Lipinski definition) is 4. The molecule has 0 radical (unpaired) electrons. The highest BCUT2D eigenvalue weighted by atomic mass is 32.1. The summed E-state index contributed by atoms with van der Waals surface area (Å²) in [5, 5.41) is 11.9. The van der Waals surface area contributed by atoms with Crippen LogP contribution in [0.5, 0.6) is 0 Å². The fraction of sp³-hybridized carbons (Fsp3) is 0.667. The van der Waals surface area contributed by atoms with Crippen molar-refractivity contribution in [3.63, 3.8) is 0 Å². The number of nitrogens with zero attached hydrogens (tertiary/aromatic N) is 1. The third kappa shape index (κ3) is 3.16. The fourth-order valence-corrected chi connectivity index (χ4v) is 1.94. The minimum Gasteiger partial charge on any atom is -0.383 e. The van der Waals surface area contributed by atoms with Gasteiger partial charge in [0, 0.05) is 12.7 Å². The van der Waals surface area contributed by atoms with Crippen molar-refractivity contribution in [2.24, 2.45) is 0 Å². The molecule has 92 valence electrons. The molecule has 7 heteroatoms. The highest BCUT2D eigenvalue weighted by molar-refractivity contribution is 7.11. The molecule has 0 spiro atoms. The number of nitrogens with one attached hydrogen (secondary N) is 1. The van der Waals surface area contributed by atoms with E-state index in [1.54, 1.807) is 0 Å². The van der Waals surface area contributed by atoms with Gasteiger partial charge in [0.15, 0.2) is 5.01 Å². The molecule has 2 N–H and O–H groups in total. The Morgan fingerprint density at radius 1 is 1.50 bits per heavy atom. The average molecular weight is 254 g/mol. The summed E-state index contributed by atoms with van der Waals surface area (Å²) in [7, 11) is 0. The maximum Gasteiger partial charge on any atom is 0.443 e. The molecule has 0 amide bonds. The molecule has 0 saturated heterocycles. The molecule has 0 aliphatic rings. The van der Waals surface area contributed by atoms with Crippen LogP contribution in [0.25, 0.3) is 0 Å². The van der Waals surface area contributed by atoms with E-state index in [9.17, 15) is 18.3 Å². The number of hydrogen-bond donors (Lipinski definition) is 2. The Labute approximate surface area is 95.3 Å². The Kier molecular flexibility index (Phi) is 3.92. The lowest BCUT2D eigenvalue weighted by Gasteiger charge is -2.21. The van der Waals surface area contributed by atoms with Crippen molar-refractivity contribution in [3.8, 4) is 0 Å². The summed E-state index contributed by atoms with van der Waals surface area (Å²) in [5.41, 5.74) is -1.32. The van der Waals surface area contributed by atoms with Crippen molar-refractivity contribution in [1.82, 2.24) is 10.3 Å². The topological polar surface area (TPSA) is 45.1 Å². The zero-order chi connectivity index (χ0) is 12.4. The minimum absolute atomic E-state index is 0.197. The van der Waals surface area contributed by atoms with Crippen molar-refractivity contribution in [3.05, 3.63) is 16.1 Å². The molecular weight excluding hydrogens is 241 g/mol. The van der Waals surface area contributed by atoms with Crippen LogP contribution in [0.4, 0.5) is 13.2 Å². The molecule has 1 rings (SSSR count). The Morgan fingerprint density at radius 3 is 2.56 bits per heavy atom. The molecule has 0 aliphatic carbocycles. The van der Waals surface area contributed by atoms with E-state index >= 15 is 0 Å². The van der Waals surface area contributed by atoms with E-state index in [-0.39, 0.29) is 11.4 Å². The Hall–Kier alpha value is -0.660. The van der Waals surface area contributed by atoms with E-state index < -0.39 is 16.8 Å². The van der Waals surface area contributed by atoms with Crippen LogP contribution in [-0.4, -0.2) is 23.2 Å². The summed E-state index contributed by atoms with van der Waals surface area (Å²) in [4.78, 5) is 3.48. The number of halogens is 3. The quantitative estimate of drug-likeness (QED) is 0.863. The number of alkyl halides is 3. The van der Waals surface area contributed by atoms with Gasteiger partial charge in [-0.15, -0.1) is 11.3 Å². The number of thiazole rings is 1. The van der Waals surface area contributed by atoms with Crippen LogP contribution in [-0.2, 0) is 11.8 Å². The van der Waals surface area contributed by atoms with E-state index in [0.29, 0.717) is 17.9 Å². The van der Waals surface area contributed by atoms with Crippen LogP contribution < -0.4 is 5.32 Å². The first kappa shape index (κ1) is 13.4. The molecule has 0 saturated carbocycles. The van der Waals surface area contributed by atoms with E-state index in [4.69, 9.17) is 0 Å². The second-order valence-corrected chi connectivity index (χ2v) is 4.61. The predicted octanol–water partition coefficient (Wildman–Crippen LogP) is 1.98. The van der Waals surface area contributed by atoms with Crippen LogP contribution >= 0.6 is 11.3 Å². The summed E-state index contributed by atoms with van der Waals surface area (Å²) in [5.74, 6) is 0. The van der Waals surface area contributed by atoms with Crippen molar-refractivity contribution in [2.45, 2.75) is 25.6 Å². The van der Waals surface area contributed by atoms with E-state index in [1.165, 1.54) is 6.92 Å². The monoisotopic (exact) mass is 254 g/mol. The highest BCUT2D eigenvalue weighted by Gasteiger charge is 2.36. The van der Waals surface area contributed by atoms with Gasteiger partial charge in [-0.25, -0.2) is 4.98 Å². The molecule has 0 bridgehead atoms. The molecular formula is C9H13F3N2OS. The maximum atomic E-state index is 12.3. The highest BCUT2D eigenvalue weighted by Crippen LogP contribution is 2.35. The van der Waals surface area contributed by atoms with Crippen molar-refractivity contribution in [1.29, 1.82) is 0 Å². The standard InChI is InChI=1S/C9H13F3N2OS/c1-3-13-5-8(2,15)6-4-14-7(16-6)9(10,11)12/h4,13,15H,3,5H2,1-2H3. The van der Waals surface area contributed by atoms with Gasteiger partial charge < -0.3 is 10.4 Å². The van der Waals surface area contributed by atoms with Crippen LogP contribution in [0.15, 0.2) is 6.20 Å². The SMILES string of the molecule is CCNCC(C)(O)c1cnc(C(F)(F)F)s1. The van der Waals surface area contributed by atoms with E-state index in [1.807, 2.05) is 6.92 Å². The van der Waals surface area contributed by atoms with Crippen LogP contribution in [0.1, 0.15) is 23.7 Å². The zero-order valence-electron chi connectivity index (χ0n) is 8.93. The van der Waals surface area contributed by atoms with Gasteiger partial charge in [0.25, 0.3) is 0 Å². The molecule has 1 atom stereocenters. The van der Waals surface area contributed by atoms with Gasteiger partial charge in [-0.2, -0.15) is 13.2 Å². The first-order valence-corrected chi connectivity index (χ1v) is 5.55. The van der Waals surface area contributed by atoms with Crippen LogP contribution in [0.2, 0.25) is 0 Å². The normalized spacial score (nSPS) is 16.1. The van der Waals surface area contributed by atoms with Gasteiger partial charge in [-0.1, -0.05) is 6.92 Å². The summed E-state index contributed by atoms with van der Waals surface area (Å²) in [6.45, 7) is 4.15. The van der Waals surface area contributed by atoms with Crippen molar-refractivity contribution >= 4 is 11.3 Å². The smallest absolute Gasteiger partial charge is 0.383 e. The number of aromatic nitrogens is 1. The van der Waals surface area contributed by atoms with Crippen molar-refractivity contribution in [2.75, 3.05) is 13.1 Å². The predicted molar refractivity (Wildman–Crippen MR) is 55.2 cm³/mol. The molecule has 0 fully saturated rings. The van der Waals surface area contributed by atoms with E-state index in [0.717, 1.165) is 6.20 Å². The van der Waals surface area contributed by atoms with Gasteiger partial charge in [0.2, 0.25) is 0 Å². The lowest BCUT2D eigenvalue weighted by Crippen LogP contribution is -2.34. The van der Waals surface area contributed by atoms with Gasteiger partial charge in [0.05, 0.1) is 4.88 Å². The summed E-state index contributed by atoms with van der Waals surface area (Å²) >= 11 is 0.471. The molecule has 16 heavy (non-hydrogen) atoms. The Morgan fingerprint density at radius 2 is 2.12 bits per heavy atom. The second-order valence-electron chi connectivity index (χ2n) is 3.58. The summed E-state index contributed by atoms with van der Waals surface area (Å²) in [6.07, 6.45) is -3.37. The van der Waals surface area contributed by atoms with Crippen LogP contribution in [0.3, 0.4) is 0 Å². The third-order valence-corrected chi connectivity index (χ3v) is 3.29. The third-order valence-electron chi connectivity index (χ3n) is 2.00. The minimum atomic E-state index is -4.45. The Balaban J connectivity index is 2.84. The summed E-state index contributed by atoms with van der Waals surface area (Å²) < 4.78 is 36.9. The zero-order valence-corrected chi connectivity index (χ0v) is 9.74. The van der Waals surface area contributed by atoms with Gasteiger partial charge >= 0.3 is 6.18 Å². The molecule has 1 aromatic heterocycles. The number of likely N-dealkylation sites (N-methyl/N-ethyl adjacent to an activating group) is 1. The number of aliphatic hydroxyl groups is 1. The van der Waals surface area contributed by atoms with Crippen molar-refractivity contribution < 1.29 is 18.3 Å². The Bertz CT molecular complexity index is 349. The van der Waals surface area contributed by atoms with E-state index in [2.05, 4.69) is 10.3 Å². The molecule has 1 unspecified atom stereocenters. The van der Waals surface area contributed by atoms with Gasteiger partial charge in [-0.3, -0.25) is 0 Å². The molecule has 0 aromatic carbocycles. The number of rotatable bonds is 4. The lowest BCUT2D eigenvalue weighted by atomic mass is 10.1. The largest absolute Gasteiger partial charge is 0.443 e.